The molecule has 38 heavy (non-hydrogen) atoms. The van der Waals surface area contributed by atoms with Gasteiger partial charge in [-0.15, -0.1) is 0 Å². The molecular weight excluding hydrogens is 479 g/mol. The van der Waals surface area contributed by atoms with Crippen LogP contribution in [-0.4, -0.2) is 33.0 Å². The number of rotatable bonds is 8. The van der Waals surface area contributed by atoms with Gasteiger partial charge in [0.25, 0.3) is 0 Å². The topological polar surface area (TPSA) is 67.2 Å². The van der Waals surface area contributed by atoms with Crippen LogP contribution in [-0.2, 0) is 28.0 Å². The van der Waals surface area contributed by atoms with Crippen LogP contribution in [0.1, 0.15) is 43.2 Å². The number of anilines is 1. The Balaban J connectivity index is 1.58. The van der Waals surface area contributed by atoms with E-state index in [-0.39, 0.29) is 42.6 Å². The average molecular weight is 513 g/mol. The highest BCUT2D eigenvalue weighted by Gasteiger charge is 2.24. The number of para-hydroxylation sites is 1. The van der Waals surface area contributed by atoms with Crippen LogP contribution in [0.25, 0.3) is 5.69 Å². The first-order valence-electron chi connectivity index (χ1n) is 12.6. The predicted molar refractivity (Wildman–Crippen MR) is 148 cm³/mol. The third kappa shape index (κ3) is 6.73. The molecule has 4 aromatic rings. The van der Waals surface area contributed by atoms with Crippen molar-refractivity contribution in [3.8, 4) is 5.69 Å². The molecule has 7 heteroatoms. The van der Waals surface area contributed by atoms with Gasteiger partial charge in [0, 0.05) is 18.0 Å². The first-order valence-corrected chi connectivity index (χ1v) is 12.6. The molecule has 0 fully saturated rings. The third-order valence-corrected chi connectivity index (χ3v) is 6.26. The van der Waals surface area contributed by atoms with Crippen LogP contribution in [0.15, 0.2) is 84.9 Å². The standard InChI is InChI=1S/C31H33FN4O2/c1-22-10-8-9-13-26(22)36-28(19-27(34-36)31(2,3)4)33-29(37)21-35(20-24-11-6-5-7-12-24)30(38)18-23-14-16-25(32)17-15-23/h5-17,19H,18,20-21H2,1-4H3,(H,33,37). The lowest BCUT2D eigenvalue weighted by atomic mass is 9.92. The Labute approximate surface area is 223 Å². The van der Waals surface area contributed by atoms with Crippen LogP contribution in [0, 0.1) is 12.7 Å². The molecule has 6 nitrogen and oxygen atoms in total. The Morgan fingerprint density at radius 1 is 0.921 bits per heavy atom. The molecule has 0 saturated heterocycles. The number of benzene rings is 3. The summed E-state index contributed by atoms with van der Waals surface area (Å²) in [6.45, 7) is 8.34. The smallest absolute Gasteiger partial charge is 0.245 e. The molecule has 4 rings (SSSR count). The highest BCUT2D eigenvalue weighted by molar-refractivity contribution is 5.94. The fraction of sp³-hybridized carbons (Fsp3) is 0.258. The number of amides is 2. The van der Waals surface area contributed by atoms with E-state index in [0.29, 0.717) is 11.4 Å². The van der Waals surface area contributed by atoms with Crippen molar-refractivity contribution in [2.45, 2.75) is 46.1 Å². The van der Waals surface area contributed by atoms with Crippen molar-refractivity contribution in [2.75, 3.05) is 11.9 Å². The number of nitrogens with zero attached hydrogens (tertiary/aromatic N) is 3. The van der Waals surface area contributed by atoms with Crippen LogP contribution in [0.5, 0.6) is 0 Å². The van der Waals surface area contributed by atoms with Crippen molar-refractivity contribution in [3.63, 3.8) is 0 Å². The number of aryl methyl sites for hydroxylation is 1. The van der Waals surface area contributed by atoms with E-state index in [1.54, 1.807) is 16.8 Å². The lowest BCUT2D eigenvalue weighted by Gasteiger charge is -2.23. The van der Waals surface area contributed by atoms with Crippen LogP contribution in [0.2, 0.25) is 0 Å². The quantitative estimate of drug-likeness (QED) is 0.323. The second-order valence-electron chi connectivity index (χ2n) is 10.4. The van der Waals surface area contributed by atoms with E-state index in [1.165, 1.54) is 17.0 Å². The largest absolute Gasteiger partial charge is 0.329 e. The van der Waals surface area contributed by atoms with E-state index >= 15 is 0 Å². The molecule has 0 aliphatic carbocycles. The molecule has 2 amide bonds. The summed E-state index contributed by atoms with van der Waals surface area (Å²) >= 11 is 0. The van der Waals surface area contributed by atoms with Gasteiger partial charge in [-0.3, -0.25) is 9.59 Å². The lowest BCUT2D eigenvalue weighted by molar-refractivity contribution is -0.134. The summed E-state index contributed by atoms with van der Waals surface area (Å²) in [5.74, 6) is -0.372. The number of halogens is 1. The number of hydrogen-bond donors (Lipinski definition) is 1. The van der Waals surface area contributed by atoms with E-state index in [9.17, 15) is 14.0 Å². The minimum absolute atomic E-state index is 0.0652. The fourth-order valence-electron chi connectivity index (χ4n) is 4.10. The molecule has 0 radical (unpaired) electrons. The summed E-state index contributed by atoms with van der Waals surface area (Å²) in [4.78, 5) is 28.2. The van der Waals surface area contributed by atoms with Gasteiger partial charge in [0.1, 0.15) is 18.2 Å². The summed E-state index contributed by atoms with van der Waals surface area (Å²) in [7, 11) is 0. The summed E-state index contributed by atoms with van der Waals surface area (Å²) in [6.07, 6.45) is 0.0652. The number of nitrogens with one attached hydrogen (secondary N) is 1. The van der Waals surface area contributed by atoms with Crippen LogP contribution in [0.3, 0.4) is 0 Å². The van der Waals surface area contributed by atoms with E-state index in [4.69, 9.17) is 5.10 Å². The van der Waals surface area contributed by atoms with Gasteiger partial charge in [0.15, 0.2) is 0 Å². The van der Waals surface area contributed by atoms with Crippen molar-refractivity contribution in [3.05, 3.63) is 113 Å². The Bertz CT molecular complexity index is 1410. The van der Waals surface area contributed by atoms with Gasteiger partial charge in [-0.05, 0) is 41.8 Å². The fourth-order valence-corrected chi connectivity index (χ4v) is 4.10. The molecule has 0 aliphatic heterocycles. The minimum atomic E-state index is -0.360. The molecule has 1 N–H and O–H groups in total. The molecular formula is C31H33FN4O2. The van der Waals surface area contributed by atoms with Gasteiger partial charge in [-0.1, -0.05) is 81.4 Å². The summed E-state index contributed by atoms with van der Waals surface area (Å²) in [6, 6.07) is 25.1. The SMILES string of the molecule is Cc1ccccc1-n1nc(C(C)(C)C)cc1NC(=O)CN(Cc1ccccc1)C(=O)Cc1ccc(F)cc1. The summed E-state index contributed by atoms with van der Waals surface area (Å²) in [5, 5.41) is 7.79. The zero-order valence-corrected chi connectivity index (χ0v) is 22.2. The molecule has 196 valence electrons. The normalized spacial score (nSPS) is 11.3. The predicted octanol–water partition coefficient (Wildman–Crippen LogP) is 5.83. The maximum Gasteiger partial charge on any atom is 0.245 e. The number of carbonyl (C=O) groups is 2. The molecule has 0 unspecified atom stereocenters. The van der Waals surface area contributed by atoms with Gasteiger partial charge in [-0.25, -0.2) is 9.07 Å². The average Bonchev–Trinajstić information content (AvgIpc) is 3.30. The third-order valence-electron chi connectivity index (χ3n) is 6.26. The number of carbonyl (C=O) groups excluding carboxylic acids is 2. The van der Waals surface area contributed by atoms with E-state index < -0.39 is 0 Å². The Kier molecular flexibility index (Phi) is 8.05. The van der Waals surface area contributed by atoms with Crippen molar-refractivity contribution >= 4 is 17.6 Å². The molecule has 0 aliphatic rings. The van der Waals surface area contributed by atoms with E-state index in [0.717, 1.165) is 22.5 Å². The number of hydrogen-bond acceptors (Lipinski definition) is 3. The molecule has 0 saturated carbocycles. The van der Waals surface area contributed by atoms with Gasteiger partial charge in [0.2, 0.25) is 11.8 Å². The molecule has 1 aromatic heterocycles. The molecule has 0 atom stereocenters. The van der Waals surface area contributed by atoms with Gasteiger partial charge in [-0.2, -0.15) is 5.10 Å². The monoisotopic (exact) mass is 512 g/mol. The van der Waals surface area contributed by atoms with Crippen molar-refractivity contribution in [1.29, 1.82) is 0 Å². The first kappa shape index (κ1) is 26.8. The Morgan fingerprint density at radius 3 is 2.24 bits per heavy atom. The zero-order chi connectivity index (χ0) is 27.3. The zero-order valence-electron chi connectivity index (χ0n) is 22.2. The minimum Gasteiger partial charge on any atom is -0.329 e. The molecule has 0 spiro atoms. The van der Waals surface area contributed by atoms with Gasteiger partial charge >= 0.3 is 0 Å². The molecule has 3 aromatic carbocycles. The van der Waals surface area contributed by atoms with Crippen LogP contribution < -0.4 is 5.32 Å². The van der Waals surface area contributed by atoms with Crippen molar-refractivity contribution in [1.82, 2.24) is 14.7 Å². The van der Waals surface area contributed by atoms with E-state index in [1.807, 2.05) is 67.6 Å². The van der Waals surface area contributed by atoms with Crippen molar-refractivity contribution in [2.24, 2.45) is 0 Å². The Morgan fingerprint density at radius 2 is 1.58 bits per heavy atom. The van der Waals surface area contributed by atoms with Crippen LogP contribution >= 0.6 is 0 Å². The Hall–Kier alpha value is -4.26. The molecule has 1 heterocycles. The van der Waals surface area contributed by atoms with E-state index in [2.05, 4.69) is 26.1 Å². The van der Waals surface area contributed by atoms with Gasteiger partial charge < -0.3 is 10.2 Å². The van der Waals surface area contributed by atoms with Crippen LogP contribution in [0.4, 0.5) is 10.2 Å². The summed E-state index contributed by atoms with van der Waals surface area (Å²) < 4.78 is 15.1. The maximum atomic E-state index is 13.3. The first-order chi connectivity index (χ1) is 18.1. The summed E-state index contributed by atoms with van der Waals surface area (Å²) in [5.41, 5.74) is 4.09. The second-order valence-corrected chi connectivity index (χ2v) is 10.4. The highest BCUT2D eigenvalue weighted by Crippen LogP contribution is 2.27. The van der Waals surface area contributed by atoms with Gasteiger partial charge in [0.05, 0.1) is 17.8 Å². The highest BCUT2D eigenvalue weighted by atomic mass is 19.1. The maximum absolute atomic E-state index is 13.3. The lowest BCUT2D eigenvalue weighted by Crippen LogP contribution is -2.38. The van der Waals surface area contributed by atoms with Crippen molar-refractivity contribution < 1.29 is 14.0 Å². The number of aromatic nitrogens is 2. The second kappa shape index (κ2) is 11.4. The molecule has 0 bridgehead atoms.